The van der Waals surface area contributed by atoms with E-state index in [1.54, 1.807) is 4.90 Å². The van der Waals surface area contributed by atoms with E-state index < -0.39 is 10.0 Å². The number of nitrogens with zero attached hydrogens (tertiary/aromatic N) is 2. The number of hydrogen-bond donors (Lipinski definition) is 0. The fourth-order valence-corrected chi connectivity index (χ4v) is 3.47. The Hall–Kier alpha value is -1.56. The van der Waals surface area contributed by atoms with E-state index in [4.69, 9.17) is 0 Å². The first kappa shape index (κ1) is 20.5. The van der Waals surface area contributed by atoms with Crippen molar-refractivity contribution in [2.45, 2.75) is 46.5 Å². The van der Waals surface area contributed by atoms with Crippen LogP contribution in [-0.2, 0) is 20.2 Å². The molecule has 0 radical (unpaired) electrons. The van der Waals surface area contributed by atoms with Gasteiger partial charge in [-0.2, -0.15) is 0 Å². The van der Waals surface area contributed by atoms with Crippen LogP contribution in [0.1, 0.15) is 46.6 Å². The smallest absolute Gasteiger partial charge is 0.232 e. The maximum absolute atomic E-state index is 12.2. The number of carbonyl (C=O) groups excluding carboxylic acids is 1. The first-order chi connectivity index (χ1) is 11.0. The van der Waals surface area contributed by atoms with Crippen LogP contribution in [0.2, 0.25) is 0 Å². The minimum atomic E-state index is -3.44. The summed E-state index contributed by atoms with van der Waals surface area (Å²) in [6.45, 7) is 11.6. The van der Waals surface area contributed by atoms with Crippen molar-refractivity contribution in [1.29, 1.82) is 0 Å². The summed E-state index contributed by atoms with van der Waals surface area (Å²) in [5, 5.41) is 0. The highest BCUT2D eigenvalue weighted by atomic mass is 32.2. The average molecular weight is 355 g/mol. The third kappa shape index (κ3) is 5.51. The Morgan fingerprint density at radius 3 is 1.92 bits per heavy atom. The van der Waals surface area contributed by atoms with Crippen LogP contribution >= 0.6 is 0 Å². The monoisotopic (exact) mass is 354 g/mol. The van der Waals surface area contributed by atoms with Crippen molar-refractivity contribution < 1.29 is 13.2 Å². The predicted octanol–water partition coefficient (Wildman–Crippen LogP) is 3.01. The lowest BCUT2D eigenvalue weighted by Crippen LogP contribution is -2.36. The molecule has 0 unspecified atom stereocenters. The highest BCUT2D eigenvalue weighted by molar-refractivity contribution is 7.92. The first-order valence-corrected chi connectivity index (χ1v) is 10.2. The van der Waals surface area contributed by atoms with Crippen molar-refractivity contribution in [3.05, 3.63) is 29.8 Å². The quantitative estimate of drug-likeness (QED) is 0.756. The van der Waals surface area contributed by atoms with Gasteiger partial charge in [-0.15, -0.1) is 0 Å². The summed E-state index contributed by atoms with van der Waals surface area (Å²) in [6.07, 6.45) is 1.35. The molecule has 0 atom stereocenters. The normalized spacial score (nSPS) is 12.1. The standard InChI is InChI=1S/C18H30N2O3S/c1-7-19(8-2)17(21)13-14-20(24(6,22)23)16-11-9-15(10-12-16)18(3,4)5/h9-12H,7-8,13-14H2,1-6H3. The Morgan fingerprint density at radius 2 is 1.54 bits per heavy atom. The van der Waals surface area contributed by atoms with Crippen molar-refractivity contribution in [1.82, 2.24) is 4.90 Å². The first-order valence-electron chi connectivity index (χ1n) is 8.36. The van der Waals surface area contributed by atoms with Gasteiger partial charge in [0.1, 0.15) is 0 Å². The van der Waals surface area contributed by atoms with Crippen LogP contribution in [0.25, 0.3) is 0 Å². The van der Waals surface area contributed by atoms with E-state index in [0.29, 0.717) is 18.8 Å². The SMILES string of the molecule is CCN(CC)C(=O)CCN(c1ccc(C(C)(C)C)cc1)S(C)(=O)=O. The molecular formula is C18H30N2O3S. The van der Waals surface area contributed by atoms with Crippen LogP contribution in [-0.4, -0.2) is 45.1 Å². The zero-order valence-corrected chi connectivity index (χ0v) is 16.5. The van der Waals surface area contributed by atoms with E-state index in [2.05, 4.69) is 20.8 Å². The molecule has 0 heterocycles. The van der Waals surface area contributed by atoms with Gasteiger partial charge >= 0.3 is 0 Å². The highest BCUT2D eigenvalue weighted by Crippen LogP contribution is 2.26. The van der Waals surface area contributed by atoms with Gasteiger partial charge in [0.15, 0.2) is 0 Å². The molecular weight excluding hydrogens is 324 g/mol. The van der Waals surface area contributed by atoms with Crippen LogP contribution < -0.4 is 4.31 Å². The topological polar surface area (TPSA) is 57.7 Å². The molecule has 0 aliphatic rings. The lowest BCUT2D eigenvalue weighted by atomic mass is 9.87. The molecule has 24 heavy (non-hydrogen) atoms. The minimum absolute atomic E-state index is 0.00711. The molecule has 136 valence electrons. The molecule has 0 fully saturated rings. The molecule has 1 aromatic carbocycles. The van der Waals surface area contributed by atoms with Gasteiger partial charge in [0, 0.05) is 26.1 Å². The Morgan fingerprint density at radius 1 is 1.04 bits per heavy atom. The summed E-state index contributed by atoms with van der Waals surface area (Å²) in [7, 11) is -3.44. The van der Waals surface area contributed by atoms with Crippen molar-refractivity contribution in [2.24, 2.45) is 0 Å². The third-order valence-corrected chi connectivity index (χ3v) is 5.26. The van der Waals surface area contributed by atoms with E-state index in [1.165, 1.54) is 10.6 Å². The van der Waals surface area contributed by atoms with Crippen molar-refractivity contribution in [2.75, 3.05) is 30.2 Å². The second kappa shape index (κ2) is 8.01. The number of hydrogen-bond acceptors (Lipinski definition) is 3. The van der Waals surface area contributed by atoms with Crippen LogP contribution in [0.3, 0.4) is 0 Å². The Kier molecular flexibility index (Phi) is 6.84. The zero-order chi connectivity index (χ0) is 18.5. The number of sulfonamides is 1. The molecule has 0 saturated heterocycles. The molecule has 5 nitrogen and oxygen atoms in total. The minimum Gasteiger partial charge on any atom is -0.343 e. The summed E-state index contributed by atoms with van der Waals surface area (Å²) in [5.41, 5.74) is 1.74. The predicted molar refractivity (Wildman–Crippen MR) is 99.9 cm³/mol. The molecule has 0 N–H and O–H groups in total. The fourth-order valence-electron chi connectivity index (χ4n) is 2.55. The summed E-state index contributed by atoms with van der Waals surface area (Å²) in [6, 6.07) is 7.51. The maximum atomic E-state index is 12.2. The fraction of sp³-hybridized carbons (Fsp3) is 0.611. The second-order valence-electron chi connectivity index (χ2n) is 6.95. The van der Waals surface area contributed by atoms with Gasteiger partial charge in [0.2, 0.25) is 15.9 Å². The van der Waals surface area contributed by atoms with Crippen LogP contribution in [0, 0.1) is 0 Å². The van der Waals surface area contributed by atoms with Gasteiger partial charge in [0.25, 0.3) is 0 Å². The molecule has 6 heteroatoms. The van der Waals surface area contributed by atoms with Crippen molar-refractivity contribution in [3.63, 3.8) is 0 Å². The Bertz CT molecular complexity index is 642. The van der Waals surface area contributed by atoms with Crippen molar-refractivity contribution >= 4 is 21.6 Å². The molecule has 1 amide bonds. The van der Waals surface area contributed by atoms with Crippen molar-refractivity contribution in [3.8, 4) is 0 Å². The van der Waals surface area contributed by atoms with Gasteiger partial charge in [-0.25, -0.2) is 8.42 Å². The van der Waals surface area contributed by atoms with Gasteiger partial charge in [-0.3, -0.25) is 9.10 Å². The van der Waals surface area contributed by atoms with Crippen LogP contribution in [0.15, 0.2) is 24.3 Å². The van der Waals surface area contributed by atoms with Gasteiger partial charge in [-0.05, 0) is 37.0 Å². The summed E-state index contributed by atoms with van der Waals surface area (Å²) in [5.74, 6) is -0.0278. The molecule has 0 spiro atoms. The zero-order valence-electron chi connectivity index (χ0n) is 15.7. The summed E-state index contributed by atoms with van der Waals surface area (Å²) in [4.78, 5) is 13.9. The van der Waals surface area contributed by atoms with E-state index >= 15 is 0 Å². The number of anilines is 1. The number of carbonyl (C=O) groups is 1. The molecule has 0 aliphatic carbocycles. The van der Waals surface area contributed by atoms with E-state index in [-0.39, 0.29) is 24.3 Å². The molecule has 0 aromatic heterocycles. The second-order valence-corrected chi connectivity index (χ2v) is 8.85. The lowest BCUT2D eigenvalue weighted by molar-refractivity contribution is -0.130. The molecule has 1 aromatic rings. The van der Waals surface area contributed by atoms with E-state index in [1.807, 2.05) is 38.1 Å². The number of amides is 1. The molecule has 1 rings (SSSR count). The van der Waals surface area contributed by atoms with E-state index in [0.717, 1.165) is 5.56 Å². The van der Waals surface area contributed by atoms with Crippen LogP contribution in [0.5, 0.6) is 0 Å². The van der Waals surface area contributed by atoms with Gasteiger partial charge < -0.3 is 4.90 Å². The van der Waals surface area contributed by atoms with Gasteiger partial charge in [0.05, 0.1) is 11.9 Å². The Labute approximate surface area is 146 Å². The molecule has 0 bridgehead atoms. The summed E-state index contributed by atoms with van der Waals surface area (Å²) < 4.78 is 25.6. The number of benzene rings is 1. The highest BCUT2D eigenvalue weighted by Gasteiger charge is 2.21. The lowest BCUT2D eigenvalue weighted by Gasteiger charge is -2.26. The van der Waals surface area contributed by atoms with Crippen LogP contribution in [0.4, 0.5) is 5.69 Å². The van der Waals surface area contributed by atoms with E-state index in [9.17, 15) is 13.2 Å². The maximum Gasteiger partial charge on any atom is 0.232 e. The molecule has 0 saturated carbocycles. The Balaban J connectivity index is 2.97. The summed E-state index contributed by atoms with van der Waals surface area (Å²) >= 11 is 0. The largest absolute Gasteiger partial charge is 0.343 e. The number of rotatable bonds is 7. The third-order valence-electron chi connectivity index (χ3n) is 4.07. The average Bonchev–Trinajstić information content (AvgIpc) is 2.47. The molecule has 0 aliphatic heterocycles. The van der Waals surface area contributed by atoms with Gasteiger partial charge in [-0.1, -0.05) is 32.9 Å².